The molecule has 132 valence electrons. The topological polar surface area (TPSA) is 109 Å². The Morgan fingerprint density at radius 2 is 1.88 bits per heavy atom. The van der Waals surface area contributed by atoms with Crippen LogP contribution in [0.3, 0.4) is 0 Å². The molecule has 1 heterocycles. The molecule has 1 aromatic heterocycles. The Labute approximate surface area is 145 Å². The number of carboxylic acids is 1. The van der Waals surface area contributed by atoms with Crippen LogP contribution in [0.4, 0.5) is 0 Å². The number of hydrogen-bond acceptors (Lipinski definition) is 4. The molecule has 2 amide bonds. The van der Waals surface area contributed by atoms with Crippen molar-refractivity contribution in [1.29, 1.82) is 0 Å². The third kappa shape index (κ3) is 5.49. The Balaban J connectivity index is 1.85. The molecule has 0 aliphatic carbocycles. The first-order valence-electron chi connectivity index (χ1n) is 7.85. The van der Waals surface area contributed by atoms with Gasteiger partial charge >= 0.3 is 5.97 Å². The molecule has 2 aromatic rings. The Bertz CT molecular complexity index is 712. The predicted octanol–water partition coefficient (Wildman–Crippen LogP) is 1.46. The molecule has 0 bridgehead atoms. The van der Waals surface area contributed by atoms with Gasteiger partial charge in [0.25, 0.3) is 5.91 Å². The monoisotopic (exact) mass is 344 g/mol. The molecule has 1 aromatic carbocycles. The normalized spacial score (nSPS) is 12.8. The summed E-state index contributed by atoms with van der Waals surface area (Å²) in [6.07, 6.45) is 2.95. The zero-order valence-electron chi connectivity index (χ0n) is 13.8. The van der Waals surface area contributed by atoms with Crippen molar-refractivity contribution in [3.05, 3.63) is 60.1 Å². The Hall–Kier alpha value is -3.09. The first-order chi connectivity index (χ1) is 12.0. The number of amides is 2. The highest BCUT2D eigenvalue weighted by Crippen LogP contribution is 2.08. The van der Waals surface area contributed by atoms with E-state index in [1.807, 2.05) is 30.3 Å². The van der Waals surface area contributed by atoms with Crippen molar-refractivity contribution in [2.45, 2.75) is 19.4 Å². The van der Waals surface area contributed by atoms with E-state index in [1.165, 1.54) is 25.5 Å². The Morgan fingerprint density at radius 1 is 1.16 bits per heavy atom. The van der Waals surface area contributed by atoms with Crippen LogP contribution in [0.2, 0.25) is 0 Å². The SMILES string of the molecule is CC(NC(=O)c1ccoc1)C(=O)NCC(Cc1ccccc1)C(=O)O. The average Bonchev–Trinajstić information content (AvgIpc) is 3.13. The maximum absolute atomic E-state index is 12.1. The molecule has 2 atom stereocenters. The average molecular weight is 344 g/mol. The molecule has 0 aliphatic heterocycles. The number of nitrogens with one attached hydrogen (secondary N) is 2. The molecule has 0 spiro atoms. The number of carbonyl (C=O) groups is 3. The van der Waals surface area contributed by atoms with Crippen molar-refractivity contribution in [3.8, 4) is 0 Å². The summed E-state index contributed by atoms with van der Waals surface area (Å²) in [7, 11) is 0. The second kappa shape index (κ2) is 8.68. The summed E-state index contributed by atoms with van der Waals surface area (Å²) in [5.41, 5.74) is 1.19. The van der Waals surface area contributed by atoms with Gasteiger partial charge in [-0.05, 0) is 25.0 Å². The van der Waals surface area contributed by atoms with Crippen LogP contribution in [-0.4, -0.2) is 35.5 Å². The molecule has 7 nitrogen and oxygen atoms in total. The zero-order chi connectivity index (χ0) is 18.2. The Kier molecular flexibility index (Phi) is 6.33. The number of carbonyl (C=O) groups excluding carboxylic acids is 2. The summed E-state index contributed by atoms with van der Waals surface area (Å²) in [5, 5.41) is 14.4. The van der Waals surface area contributed by atoms with Gasteiger partial charge in [-0.25, -0.2) is 0 Å². The van der Waals surface area contributed by atoms with Crippen molar-refractivity contribution < 1.29 is 23.9 Å². The van der Waals surface area contributed by atoms with Gasteiger partial charge in [-0.1, -0.05) is 30.3 Å². The molecule has 2 unspecified atom stereocenters. The van der Waals surface area contributed by atoms with Gasteiger partial charge in [0.15, 0.2) is 0 Å². The number of rotatable bonds is 8. The highest BCUT2D eigenvalue weighted by molar-refractivity contribution is 5.97. The fraction of sp³-hybridized carbons (Fsp3) is 0.278. The maximum Gasteiger partial charge on any atom is 0.308 e. The van der Waals surface area contributed by atoms with Gasteiger partial charge in [-0.2, -0.15) is 0 Å². The largest absolute Gasteiger partial charge is 0.481 e. The van der Waals surface area contributed by atoms with Crippen LogP contribution in [-0.2, 0) is 16.0 Å². The second-order valence-corrected chi connectivity index (χ2v) is 5.68. The van der Waals surface area contributed by atoms with Gasteiger partial charge in [0.05, 0.1) is 17.7 Å². The molecule has 2 rings (SSSR count). The first-order valence-corrected chi connectivity index (χ1v) is 7.85. The predicted molar refractivity (Wildman–Crippen MR) is 89.9 cm³/mol. The van der Waals surface area contributed by atoms with Crippen LogP contribution in [0.5, 0.6) is 0 Å². The van der Waals surface area contributed by atoms with Gasteiger partial charge in [0, 0.05) is 6.54 Å². The van der Waals surface area contributed by atoms with Gasteiger partial charge in [0.2, 0.25) is 5.91 Å². The molecule has 0 fully saturated rings. The van der Waals surface area contributed by atoms with Crippen LogP contribution in [0.1, 0.15) is 22.8 Å². The van der Waals surface area contributed by atoms with E-state index in [4.69, 9.17) is 4.42 Å². The molecule has 25 heavy (non-hydrogen) atoms. The van der Waals surface area contributed by atoms with Crippen molar-refractivity contribution in [1.82, 2.24) is 10.6 Å². The molecule has 0 aliphatic rings. The fourth-order valence-corrected chi connectivity index (χ4v) is 2.26. The number of hydrogen-bond donors (Lipinski definition) is 3. The van der Waals surface area contributed by atoms with Crippen molar-refractivity contribution in [2.75, 3.05) is 6.54 Å². The van der Waals surface area contributed by atoms with Crippen LogP contribution in [0.25, 0.3) is 0 Å². The van der Waals surface area contributed by atoms with E-state index in [9.17, 15) is 19.5 Å². The lowest BCUT2D eigenvalue weighted by molar-refractivity contribution is -0.141. The van der Waals surface area contributed by atoms with E-state index in [1.54, 1.807) is 0 Å². The molecular formula is C18H20N2O5. The summed E-state index contributed by atoms with van der Waals surface area (Å²) in [6.45, 7) is 1.51. The number of benzene rings is 1. The van der Waals surface area contributed by atoms with Gasteiger partial charge < -0.3 is 20.2 Å². The minimum atomic E-state index is -0.987. The Morgan fingerprint density at radius 3 is 2.48 bits per heavy atom. The highest BCUT2D eigenvalue weighted by atomic mass is 16.4. The van der Waals surface area contributed by atoms with Crippen molar-refractivity contribution >= 4 is 17.8 Å². The third-order valence-electron chi connectivity index (χ3n) is 3.72. The summed E-state index contributed by atoms with van der Waals surface area (Å²) < 4.78 is 4.81. The molecule has 0 radical (unpaired) electrons. The van der Waals surface area contributed by atoms with Crippen molar-refractivity contribution in [2.24, 2.45) is 5.92 Å². The summed E-state index contributed by atoms with van der Waals surface area (Å²) in [6, 6.07) is 9.89. The lowest BCUT2D eigenvalue weighted by Crippen LogP contribution is -2.46. The first kappa shape index (κ1) is 18.3. The lowest BCUT2D eigenvalue weighted by Gasteiger charge is -2.17. The molecule has 7 heteroatoms. The van der Waals surface area contributed by atoms with Crippen LogP contribution in [0.15, 0.2) is 53.3 Å². The van der Waals surface area contributed by atoms with Crippen molar-refractivity contribution in [3.63, 3.8) is 0 Å². The molecule has 0 saturated carbocycles. The summed E-state index contributed by atoms with van der Waals surface area (Å²) >= 11 is 0. The van der Waals surface area contributed by atoms with E-state index in [-0.39, 0.29) is 6.54 Å². The zero-order valence-corrected chi connectivity index (χ0v) is 13.8. The van der Waals surface area contributed by atoms with E-state index < -0.39 is 29.7 Å². The van der Waals surface area contributed by atoms with E-state index in [2.05, 4.69) is 10.6 Å². The highest BCUT2D eigenvalue weighted by Gasteiger charge is 2.22. The number of carboxylic acid groups (broad SMARTS) is 1. The molecular weight excluding hydrogens is 324 g/mol. The molecule has 0 saturated heterocycles. The van der Waals surface area contributed by atoms with Crippen LogP contribution < -0.4 is 10.6 Å². The minimum absolute atomic E-state index is 0.0189. The third-order valence-corrected chi connectivity index (χ3v) is 3.72. The van der Waals surface area contributed by atoms with Gasteiger partial charge in [-0.15, -0.1) is 0 Å². The molecule has 3 N–H and O–H groups in total. The van der Waals surface area contributed by atoms with Gasteiger partial charge in [-0.3, -0.25) is 14.4 Å². The number of aliphatic carboxylic acids is 1. The summed E-state index contributed by atoms with van der Waals surface area (Å²) in [4.78, 5) is 35.3. The fourth-order valence-electron chi connectivity index (χ4n) is 2.26. The smallest absolute Gasteiger partial charge is 0.308 e. The van der Waals surface area contributed by atoms with Gasteiger partial charge in [0.1, 0.15) is 12.3 Å². The van der Waals surface area contributed by atoms with Crippen LogP contribution in [0, 0.1) is 5.92 Å². The van der Waals surface area contributed by atoms with E-state index in [0.29, 0.717) is 12.0 Å². The van der Waals surface area contributed by atoms with Crippen LogP contribution >= 0.6 is 0 Å². The summed E-state index contributed by atoms with van der Waals surface area (Å²) in [5.74, 6) is -2.62. The maximum atomic E-state index is 12.1. The van der Waals surface area contributed by atoms with E-state index >= 15 is 0 Å². The lowest BCUT2D eigenvalue weighted by atomic mass is 9.99. The quantitative estimate of drug-likeness (QED) is 0.672. The van der Waals surface area contributed by atoms with E-state index in [0.717, 1.165) is 5.56 Å². The standard InChI is InChI=1S/C18H20N2O5/c1-12(20-17(22)14-7-8-25-11-14)16(21)19-10-15(18(23)24)9-13-5-3-2-4-6-13/h2-8,11-12,15H,9-10H2,1H3,(H,19,21)(H,20,22)(H,23,24). The second-order valence-electron chi connectivity index (χ2n) is 5.68. The number of furan rings is 1. The minimum Gasteiger partial charge on any atom is -0.481 e.